The first-order valence-electron chi connectivity index (χ1n) is 8.26. The molecule has 0 aliphatic rings. The molecule has 0 aromatic heterocycles. The molecule has 0 bridgehead atoms. The molecule has 0 radical (unpaired) electrons. The first-order chi connectivity index (χ1) is 8.54. The second-order valence-corrected chi connectivity index (χ2v) is 11.6. The topological polar surface area (TPSA) is 0 Å². The predicted molar refractivity (Wildman–Crippen MR) is 87.1 cm³/mol. The van der Waals surface area contributed by atoms with Crippen molar-refractivity contribution in [2.75, 3.05) is 24.6 Å². The summed E-state index contributed by atoms with van der Waals surface area (Å²) in [6.45, 7) is 5.92. The molecule has 0 amide bonds. The summed E-state index contributed by atoms with van der Waals surface area (Å²) in [7, 11) is 0. The van der Waals surface area contributed by atoms with Gasteiger partial charge in [0.25, 0.3) is 0 Å². The van der Waals surface area contributed by atoms with Crippen LogP contribution in [0, 0.1) is 0 Å². The molecule has 2 heteroatoms. The molecule has 18 heavy (non-hydrogen) atoms. The molecule has 0 nitrogen and oxygen atoms in total. The van der Waals surface area contributed by atoms with Crippen LogP contribution in [0.2, 0.25) is 0 Å². The maximum atomic E-state index is 16.1. The van der Waals surface area contributed by atoms with Crippen LogP contribution in [0.25, 0.3) is 0 Å². The number of unbranched alkanes of at least 4 members (excludes halogenated alkanes) is 4. The van der Waals surface area contributed by atoms with Crippen LogP contribution in [0.5, 0.6) is 0 Å². The molecule has 0 unspecified atom stereocenters. The van der Waals surface area contributed by atoms with Crippen LogP contribution in [-0.4, -0.2) is 24.6 Å². The van der Waals surface area contributed by atoms with Gasteiger partial charge in [-0.3, -0.25) is 0 Å². The van der Waals surface area contributed by atoms with E-state index in [9.17, 15) is 0 Å². The fraction of sp³-hybridized carbons (Fsp3) is 1.00. The van der Waals surface area contributed by atoms with Crippen LogP contribution in [0.15, 0.2) is 0 Å². The van der Waals surface area contributed by atoms with E-state index in [-0.39, 0.29) is 0 Å². The van der Waals surface area contributed by atoms with Gasteiger partial charge >= 0.3 is 115 Å². The van der Waals surface area contributed by atoms with Crippen molar-refractivity contribution in [2.24, 2.45) is 0 Å². The van der Waals surface area contributed by atoms with E-state index in [0.717, 1.165) is 76.0 Å². The van der Waals surface area contributed by atoms with Gasteiger partial charge < -0.3 is 0 Å². The van der Waals surface area contributed by atoms with Gasteiger partial charge in [0.2, 0.25) is 0 Å². The third-order valence-electron chi connectivity index (χ3n) is 4.28. The number of hydrogen-bond acceptors (Lipinski definition) is 0. The van der Waals surface area contributed by atoms with Gasteiger partial charge in [0, 0.05) is 0 Å². The van der Waals surface area contributed by atoms with Crippen molar-refractivity contribution in [3.05, 3.63) is 0 Å². The zero-order chi connectivity index (χ0) is 13.9. The van der Waals surface area contributed by atoms with E-state index in [0.29, 0.717) is 0 Å². The van der Waals surface area contributed by atoms with E-state index in [2.05, 4.69) is 27.7 Å². The Morgan fingerprint density at radius 2 is 0.778 bits per heavy atom. The van der Waals surface area contributed by atoms with Crippen LogP contribution in [0.3, 0.4) is 0 Å². The third kappa shape index (κ3) is 6.50. The molecule has 0 aromatic rings. The zero-order valence-electron chi connectivity index (χ0n) is 13.3. The van der Waals surface area contributed by atoms with Gasteiger partial charge in [-0.1, -0.05) is 0 Å². The van der Waals surface area contributed by atoms with Crippen LogP contribution < -0.4 is 0 Å². The summed E-state index contributed by atoms with van der Waals surface area (Å²) in [6, 6.07) is 0. The average molecular weight is 278 g/mol. The van der Waals surface area contributed by atoms with Gasteiger partial charge in [0.05, 0.1) is 0 Å². The van der Waals surface area contributed by atoms with Gasteiger partial charge in [0.15, 0.2) is 0 Å². The van der Waals surface area contributed by atoms with E-state index >= 15 is 4.20 Å². The van der Waals surface area contributed by atoms with E-state index in [1.807, 2.05) is 0 Å². The molecular weight excluding hydrogens is 242 g/mol. The summed E-state index contributed by atoms with van der Waals surface area (Å²) >= 11 is 0. The van der Waals surface area contributed by atoms with Gasteiger partial charge in [0.1, 0.15) is 0 Å². The second-order valence-electron chi connectivity index (χ2n) is 6.13. The van der Waals surface area contributed by atoms with Crippen molar-refractivity contribution < 1.29 is 4.20 Å². The van der Waals surface area contributed by atoms with Crippen molar-refractivity contribution in [1.29, 1.82) is 0 Å². The molecular formula is C16H36FP. The molecule has 0 N–H and O–H groups in total. The van der Waals surface area contributed by atoms with Gasteiger partial charge in [-0.05, 0) is 0 Å². The standard InChI is InChI=1S/C16H36FP/c1-5-9-13-18(17,14-10-6-2,15-11-7-3)16-12-8-4/h5-16H2,1-4H3. The average Bonchev–Trinajstić information content (AvgIpc) is 2.40. The summed E-state index contributed by atoms with van der Waals surface area (Å²) < 4.78 is 16.1. The second kappa shape index (κ2) is 9.29. The van der Waals surface area contributed by atoms with Crippen molar-refractivity contribution in [3.63, 3.8) is 0 Å². The Hall–Kier alpha value is 0.360. The van der Waals surface area contributed by atoms with Crippen LogP contribution in [-0.2, 0) is 0 Å². The van der Waals surface area contributed by atoms with Crippen molar-refractivity contribution in [1.82, 2.24) is 0 Å². The molecule has 0 heterocycles. The molecule has 0 aliphatic heterocycles. The molecule has 0 rings (SSSR count). The fourth-order valence-corrected chi connectivity index (χ4v) is 8.65. The first kappa shape index (κ1) is 18.4. The summed E-state index contributed by atoms with van der Waals surface area (Å²) in [6.07, 6.45) is 12.7. The fourth-order valence-electron chi connectivity index (χ4n) is 2.88. The predicted octanol–water partition coefficient (Wildman–Crippen LogP) is 6.62. The Bertz CT molecular complexity index is 160. The molecule has 0 saturated heterocycles. The zero-order valence-corrected chi connectivity index (χ0v) is 14.2. The van der Waals surface area contributed by atoms with Crippen LogP contribution >= 0.6 is 6.91 Å². The molecule has 0 atom stereocenters. The SMILES string of the molecule is CCCCP(F)(CCCC)(CCCC)CCCC. The Labute approximate surface area is 115 Å². The van der Waals surface area contributed by atoms with E-state index in [4.69, 9.17) is 0 Å². The number of rotatable bonds is 12. The van der Waals surface area contributed by atoms with Gasteiger partial charge in [-0.15, -0.1) is 0 Å². The van der Waals surface area contributed by atoms with E-state index in [1.165, 1.54) is 0 Å². The molecule has 112 valence electrons. The number of halogens is 1. The normalized spacial score (nSPS) is 14.4. The Balaban J connectivity index is 4.82. The van der Waals surface area contributed by atoms with Crippen molar-refractivity contribution in [3.8, 4) is 0 Å². The van der Waals surface area contributed by atoms with Crippen LogP contribution in [0.4, 0.5) is 4.20 Å². The number of hydrogen-bond donors (Lipinski definition) is 0. The van der Waals surface area contributed by atoms with Gasteiger partial charge in [-0.2, -0.15) is 0 Å². The minimum atomic E-state index is -2.86. The third-order valence-corrected chi connectivity index (χ3v) is 10.0. The molecule has 0 aliphatic carbocycles. The summed E-state index contributed by atoms with van der Waals surface area (Å²) in [4.78, 5) is 0. The van der Waals surface area contributed by atoms with E-state index < -0.39 is 6.91 Å². The van der Waals surface area contributed by atoms with Gasteiger partial charge in [-0.25, -0.2) is 0 Å². The monoisotopic (exact) mass is 278 g/mol. The van der Waals surface area contributed by atoms with Crippen LogP contribution in [0.1, 0.15) is 79.1 Å². The molecule has 0 aromatic carbocycles. The molecule has 0 spiro atoms. The maximum absolute atomic E-state index is 16.1. The Kier molecular flexibility index (Phi) is 9.48. The quantitative estimate of drug-likeness (QED) is 0.352. The Morgan fingerprint density at radius 1 is 0.556 bits per heavy atom. The van der Waals surface area contributed by atoms with Crippen molar-refractivity contribution >= 4 is 6.91 Å². The van der Waals surface area contributed by atoms with Crippen molar-refractivity contribution in [2.45, 2.75) is 79.1 Å². The first-order valence-corrected chi connectivity index (χ1v) is 11.1. The summed E-state index contributed by atoms with van der Waals surface area (Å²) in [5, 5.41) is 0. The summed E-state index contributed by atoms with van der Waals surface area (Å²) in [5.74, 6) is 0. The minimum absolute atomic E-state index is 0.919. The Morgan fingerprint density at radius 3 is 0.944 bits per heavy atom. The van der Waals surface area contributed by atoms with E-state index in [1.54, 1.807) is 0 Å². The molecule has 0 saturated carbocycles. The summed E-state index contributed by atoms with van der Waals surface area (Å²) in [5.41, 5.74) is 0. The molecule has 0 fully saturated rings.